The van der Waals surface area contributed by atoms with Crippen molar-refractivity contribution in [3.8, 4) is 5.75 Å². The second-order valence-corrected chi connectivity index (χ2v) is 1.92. The number of aromatic hydroxyl groups is 1. The zero-order valence-corrected chi connectivity index (χ0v) is 5.10. The van der Waals surface area contributed by atoms with Crippen LogP contribution >= 0.6 is 0 Å². The lowest BCUT2D eigenvalue weighted by molar-refractivity contribution is 0.477. The van der Waals surface area contributed by atoms with E-state index >= 15 is 0 Å². The third-order valence-corrected chi connectivity index (χ3v) is 1.28. The topological polar surface area (TPSA) is 50.4 Å². The fourth-order valence-corrected chi connectivity index (χ4v) is 0.833. The molecule has 0 radical (unpaired) electrons. The Morgan fingerprint density at radius 1 is 1.50 bits per heavy atom. The fourth-order valence-electron chi connectivity index (χ4n) is 0.833. The van der Waals surface area contributed by atoms with Crippen LogP contribution in [0.2, 0.25) is 0 Å². The van der Waals surface area contributed by atoms with E-state index in [1.165, 1.54) is 10.8 Å². The highest BCUT2D eigenvalue weighted by Crippen LogP contribution is 2.12. The zero-order chi connectivity index (χ0) is 6.97. The molecule has 50 valence electrons. The van der Waals surface area contributed by atoms with Gasteiger partial charge in [0.1, 0.15) is 6.33 Å². The molecule has 1 N–H and O–H groups in total. The average molecular weight is 135 g/mol. The summed E-state index contributed by atoms with van der Waals surface area (Å²) in [6.45, 7) is 0. The third-order valence-electron chi connectivity index (χ3n) is 1.28. The van der Waals surface area contributed by atoms with E-state index in [1.54, 1.807) is 18.3 Å². The van der Waals surface area contributed by atoms with Crippen LogP contribution in [-0.2, 0) is 0 Å². The molecule has 2 aromatic rings. The Bertz CT molecular complexity index is 355. The third kappa shape index (κ3) is 0.556. The van der Waals surface area contributed by atoms with Gasteiger partial charge in [-0.25, -0.2) is 9.50 Å². The summed E-state index contributed by atoms with van der Waals surface area (Å²) in [5.41, 5.74) is 0.488. The quantitative estimate of drug-likeness (QED) is 0.570. The molecule has 0 fully saturated rings. The molecule has 4 nitrogen and oxygen atoms in total. The van der Waals surface area contributed by atoms with Gasteiger partial charge >= 0.3 is 0 Å². The van der Waals surface area contributed by atoms with E-state index in [4.69, 9.17) is 5.11 Å². The predicted molar refractivity (Wildman–Crippen MR) is 34.7 cm³/mol. The summed E-state index contributed by atoms with van der Waals surface area (Å²) >= 11 is 0. The minimum Gasteiger partial charge on any atom is -0.504 e. The summed E-state index contributed by atoms with van der Waals surface area (Å²) in [5, 5.41) is 13.0. The van der Waals surface area contributed by atoms with Gasteiger partial charge in [0, 0.05) is 6.20 Å². The average Bonchev–Trinajstić information content (AvgIpc) is 2.36. The Labute approximate surface area is 56.8 Å². The Hall–Kier alpha value is -1.58. The van der Waals surface area contributed by atoms with Gasteiger partial charge in [-0.05, 0) is 12.1 Å². The lowest BCUT2D eigenvalue weighted by Gasteiger charge is -1.91. The predicted octanol–water partition coefficient (Wildman–Crippen LogP) is 0.435. The van der Waals surface area contributed by atoms with E-state index in [9.17, 15) is 0 Å². The summed E-state index contributed by atoms with van der Waals surface area (Å²) in [6.07, 6.45) is 3.12. The van der Waals surface area contributed by atoms with Crippen molar-refractivity contribution in [2.75, 3.05) is 0 Å². The monoisotopic (exact) mass is 135 g/mol. The van der Waals surface area contributed by atoms with Crippen molar-refractivity contribution in [2.45, 2.75) is 0 Å². The van der Waals surface area contributed by atoms with Crippen LogP contribution in [0.5, 0.6) is 5.75 Å². The second-order valence-electron chi connectivity index (χ2n) is 1.92. The Morgan fingerprint density at radius 2 is 2.40 bits per heavy atom. The van der Waals surface area contributed by atoms with Crippen molar-refractivity contribution >= 4 is 5.65 Å². The van der Waals surface area contributed by atoms with Crippen molar-refractivity contribution in [3.63, 3.8) is 0 Å². The normalized spacial score (nSPS) is 10.4. The Morgan fingerprint density at radius 3 is 3.20 bits per heavy atom. The van der Waals surface area contributed by atoms with Gasteiger partial charge in [-0.15, -0.1) is 0 Å². The molecule has 2 rings (SSSR count). The van der Waals surface area contributed by atoms with Gasteiger partial charge in [0.05, 0.1) is 0 Å². The maximum atomic E-state index is 9.14. The van der Waals surface area contributed by atoms with Gasteiger partial charge in [-0.1, -0.05) is 0 Å². The van der Waals surface area contributed by atoms with Gasteiger partial charge in [0.15, 0.2) is 11.4 Å². The summed E-state index contributed by atoms with van der Waals surface area (Å²) < 4.78 is 1.51. The highest BCUT2D eigenvalue weighted by atomic mass is 16.3. The van der Waals surface area contributed by atoms with Gasteiger partial charge in [0.25, 0.3) is 0 Å². The van der Waals surface area contributed by atoms with Crippen molar-refractivity contribution in [2.24, 2.45) is 0 Å². The molecule has 2 aromatic heterocycles. The van der Waals surface area contributed by atoms with Gasteiger partial charge < -0.3 is 5.11 Å². The number of fused-ring (bicyclic) bond motifs is 1. The maximum absolute atomic E-state index is 9.14. The van der Waals surface area contributed by atoms with E-state index in [0.29, 0.717) is 5.65 Å². The largest absolute Gasteiger partial charge is 0.504 e. The van der Waals surface area contributed by atoms with E-state index in [0.717, 1.165) is 0 Å². The zero-order valence-electron chi connectivity index (χ0n) is 5.10. The van der Waals surface area contributed by atoms with Crippen molar-refractivity contribution in [1.82, 2.24) is 14.6 Å². The second kappa shape index (κ2) is 1.70. The van der Waals surface area contributed by atoms with Crippen molar-refractivity contribution in [1.29, 1.82) is 0 Å². The molecular formula is C6H5N3O. The van der Waals surface area contributed by atoms with Crippen molar-refractivity contribution in [3.05, 3.63) is 24.7 Å². The SMILES string of the molecule is Oc1cccn2ncnc12. The van der Waals surface area contributed by atoms with Crippen LogP contribution in [0, 0.1) is 0 Å². The first-order chi connectivity index (χ1) is 4.88. The van der Waals surface area contributed by atoms with Crippen LogP contribution < -0.4 is 0 Å². The van der Waals surface area contributed by atoms with Crippen LogP contribution in [0.15, 0.2) is 24.7 Å². The summed E-state index contributed by atoms with van der Waals surface area (Å²) in [4.78, 5) is 3.82. The van der Waals surface area contributed by atoms with E-state index in [-0.39, 0.29) is 5.75 Å². The fraction of sp³-hybridized carbons (Fsp3) is 0. The van der Waals surface area contributed by atoms with Crippen LogP contribution in [0.25, 0.3) is 5.65 Å². The lowest BCUT2D eigenvalue weighted by Crippen LogP contribution is -1.84. The number of pyridine rings is 1. The molecule has 0 aromatic carbocycles. The number of rotatable bonds is 0. The molecule has 0 spiro atoms. The number of hydrogen-bond acceptors (Lipinski definition) is 3. The molecule has 0 aliphatic rings. The van der Waals surface area contributed by atoms with Crippen molar-refractivity contribution < 1.29 is 5.11 Å². The van der Waals surface area contributed by atoms with Crippen LogP contribution in [0.3, 0.4) is 0 Å². The highest BCUT2D eigenvalue weighted by molar-refractivity contribution is 5.50. The molecule has 2 heterocycles. The molecular weight excluding hydrogens is 130 g/mol. The number of aromatic nitrogens is 3. The molecule has 0 aliphatic heterocycles. The summed E-state index contributed by atoms with van der Waals surface area (Å²) in [6, 6.07) is 3.28. The molecule has 4 heteroatoms. The highest BCUT2D eigenvalue weighted by Gasteiger charge is 1.97. The molecule has 10 heavy (non-hydrogen) atoms. The Balaban J connectivity index is 2.95. The Kier molecular flexibility index (Phi) is 0.887. The molecule has 0 aliphatic carbocycles. The van der Waals surface area contributed by atoms with Crippen LogP contribution in [0.4, 0.5) is 0 Å². The minimum absolute atomic E-state index is 0.153. The molecule has 0 saturated carbocycles. The van der Waals surface area contributed by atoms with Gasteiger partial charge in [-0.2, -0.15) is 5.10 Å². The number of hydrogen-bond donors (Lipinski definition) is 1. The maximum Gasteiger partial charge on any atom is 0.197 e. The molecule has 0 unspecified atom stereocenters. The number of nitrogens with zero attached hydrogens (tertiary/aromatic N) is 3. The van der Waals surface area contributed by atoms with Crippen LogP contribution in [0.1, 0.15) is 0 Å². The lowest BCUT2D eigenvalue weighted by atomic mass is 10.4. The molecule has 0 bridgehead atoms. The van der Waals surface area contributed by atoms with Crippen LogP contribution in [-0.4, -0.2) is 19.7 Å². The standard InChI is InChI=1S/C6H5N3O/c10-5-2-1-3-9-6(5)7-4-8-9/h1-4,10H. The van der Waals surface area contributed by atoms with Gasteiger partial charge in [0.2, 0.25) is 0 Å². The molecule has 0 atom stereocenters. The van der Waals surface area contributed by atoms with E-state index < -0.39 is 0 Å². The minimum atomic E-state index is 0.153. The van der Waals surface area contributed by atoms with E-state index in [1.807, 2.05) is 0 Å². The van der Waals surface area contributed by atoms with E-state index in [2.05, 4.69) is 10.1 Å². The summed E-state index contributed by atoms with van der Waals surface area (Å²) in [5.74, 6) is 0.153. The first-order valence-electron chi connectivity index (χ1n) is 2.85. The van der Waals surface area contributed by atoms with Gasteiger partial charge in [-0.3, -0.25) is 0 Å². The first kappa shape index (κ1) is 5.22. The molecule has 0 saturated heterocycles. The smallest absolute Gasteiger partial charge is 0.197 e. The molecule has 0 amide bonds. The first-order valence-corrected chi connectivity index (χ1v) is 2.85. The summed E-state index contributed by atoms with van der Waals surface area (Å²) in [7, 11) is 0.